The Balaban J connectivity index is 2.56. The maximum atomic E-state index is 14.0. The Morgan fingerprint density at radius 1 is 1.13 bits per heavy atom. The van der Waals surface area contributed by atoms with Crippen LogP contribution in [0.3, 0.4) is 0 Å². The molecule has 3 N–H and O–H groups in total. The van der Waals surface area contributed by atoms with Crippen molar-refractivity contribution in [2.75, 3.05) is 30.5 Å². The molecule has 0 bridgehead atoms. The number of rotatable bonds is 12. The Labute approximate surface area is 236 Å². The lowest BCUT2D eigenvalue weighted by atomic mass is 9.99. The van der Waals surface area contributed by atoms with Crippen LogP contribution in [0.1, 0.15) is 55.5 Å². The zero-order chi connectivity index (χ0) is 29.2. The van der Waals surface area contributed by atoms with E-state index in [4.69, 9.17) is 4.74 Å². The molecule has 212 valence electrons. The maximum absolute atomic E-state index is 14.0. The van der Waals surface area contributed by atoms with Gasteiger partial charge in [-0.25, -0.2) is 4.79 Å². The van der Waals surface area contributed by atoms with Crippen LogP contribution in [0.2, 0.25) is 0 Å². The van der Waals surface area contributed by atoms with Gasteiger partial charge in [-0.15, -0.1) is 0 Å². The average Bonchev–Trinajstić information content (AvgIpc) is 2.87. The number of nitrogens with zero attached hydrogens (tertiary/aromatic N) is 1. The lowest BCUT2D eigenvalue weighted by Crippen LogP contribution is -2.53. The van der Waals surface area contributed by atoms with Crippen molar-refractivity contribution in [2.24, 2.45) is 0 Å². The van der Waals surface area contributed by atoms with Crippen molar-refractivity contribution in [1.29, 1.82) is 0 Å². The van der Waals surface area contributed by atoms with Crippen LogP contribution in [0.15, 0.2) is 49.0 Å². The summed E-state index contributed by atoms with van der Waals surface area (Å²) in [5.41, 5.74) is 3.01. The van der Waals surface area contributed by atoms with E-state index >= 15 is 0 Å². The van der Waals surface area contributed by atoms with E-state index in [-0.39, 0.29) is 13.2 Å². The summed E-state index contributed by atoms with van der Waals surface area (Å²) < 4.78 is 5.40. The van der Waals surface area contributed by atoms with Gasteiger partial charge in [-0.05, 0) is 81.4 Å². The first-order valence-electron chi connectivity index (χ1n) is 12.9. The summed E-state index contributed by atoms with van der Waals surface area (Å²) in [5, 5.41) is 15.7. The minimum Gasteiger partial charge on any atom is -0.444 e. The molecule has 0 aliphatic heterocycles. The fourth-order valence-corrected chi connectivity index (χ4v) is 4.62. The number of hydrogen-bond donors (Lipinski definition) is 3. The number of para-hydroxylation sites is 1. The number of benzene rings is 2. The van der Waals surface area contributed by atoms with Crippen LogP contribution in [0.5, 0.6) is 0 Å². The van der Waals surface area contributed by atoms with Gasteiger partial charge in [0.1, 0.15) is 17.7 Å². The van der Waals surface area contributed by atoms with Gasteiger partial charge in [-0.2, -0.15) is 11.8 Å². The summed E-state index contributed by atoms with van der Waals surface area (Å²) in [4.78, 5) is 42.0. The quantitative estimate of drug-likeness (QED) is 0.337. The zero-order valence-corrected chi connectivity index (χ0v) is 24.6. The lowest BCUT2D eigenvalue weighted by Gasteiger charge is -2.34. The van der Waals surface area contributed by atoms with E-state index in [1.54, 1.807) is 45.0 Å². The number of carbonyl (C=O) groups excluding carboxylic acids is 3. The highest BCUT2D eigenvalue weighted by Gasteiger charge is 2.36. The first-order valence-corrected chi connectivity index (χ1v) is 14.3. The number of aryl methyl sites for hydroxylation is 2. The third-order valence-electron chi connectivity index (χ3n) is 5.98. The molecule has 0 spiro atoms. The molecule has 2 atom stereocenters. The monoisotopic (exact) mass is 555 g/mol. The number of hydrogen-bond acceptors (Lipinski definition) is 6. The van der Waals surface area contributed by atoms with E-state index in [2.05, 4.69) is 17.2 Å². The van der Waals surface area contributed by atoms with Crippen molar-refractivity contribution in [3.05, 3.63) is 71.3 Å². The van der Waals surface area contributed by atoms with Gasteiger partial charge in [0.25, 0.3) is 5.91 Å². The number of thioether (sulfide) groups is 1. The van der Waals surface area contributed by atoms with Crippen LogP contribution >= 0.6 is 11.8 Å². The highest BCUT2D eigenvalue weighted by Crippen LogP contribution is 2.28. The van der Waals surface area contributed by atoms with Gasteiger partial charge in [0.2, 0.25) is 5.91 Å². The summed E-state index contributed by atoms with van der Waals surface area (Å²) in [7, 11) is 0. The van der Waals surface area contributed by atoms with Crippen LogP contribution in [0.25, 0.3) is 6.08 Å². The molecule has 39 heavy (non-hydrogen) atoms. The van der Waals surface area contributed by atoms with Gasteiger partial charge < -0.3 is 25.4 Å². The summed E-state index contributed by atoms with van der Waals surface area (Å²) >= 11 is 1.53. The van der Waals surface area contributed by atoms with Crippen molar-refractivity contribution < 1.29 is 24.2 Å². The second kappa shape index (κ2) is 14.7. The Morgan fingerprint density at radius 3 is 2.33 bits per heavy atom. The fourth-order valence-electron chi connectivity index (χ4n) is 4.15. The molecule has 0 heterocycles. The van der Waals surface area contributed by atoms with Crippen molar-refractivity contribution in [3.8, 4) is 0 Å². The molecule has 0 aromatic heterocycles. The SMILES string of the molecule is C=Cc1cccc(C(C(=O)Nc2c(C)cccc2C)N(CCO)C(=O)C(CCSC)NC(=O)OC(C)(C)C)c1. The molecule has 9 heteroatoms. The number of anilines is 1. The summed E-state index contributed by atoms with van der Waals surface area (Å²) in [6.07, 6.45) is 3.16. The first-order chi connectivity index (χ1) is 18.4. The third-order valence-corrected chi connectivity index (χ3v) is 6.62. The van der Waals surface area contributed by atoms with E-state index in [9.17, 15) is 19.5 Å². The highest BCUT2D eigenvalue weighted by atomic mass is 32.2. The largest absolute Gasteiger partial charge is 0.444 e. The van der Waals surface area contributed by atoms with Crippen molar-refractivity contribution in [2.45, 2.75) is 58.7 Å². The van der Waals surface area contributed by atoms with Gasteiger partial charge in [-0.1, -0.05) is 49.1 Å². The standard InChI is InChI=1S/C30H41N3O5S/c1-8-22-13-10-14-23(19-22)26(27(35)32-25-20(2)11-9-12-21(25)3)33(16-17-34)28(36)24(15-18-39-7)31-29(37)38-30(4,5)6/h8-14,19,24,26,34H,1,15-18H2,2-7H3,(H,31,37)(H,32,35). The van der Waals surface area contributed by atoms with Gasteiger partial charge in [0.15, 0.2) is 0 Å². The van der Waals surface area contributed by atoms with Crippen molar-refractivity contribution in [3.63, 3.8) is 0 Å². The first kappa shape index (κ1) is 31.9. The van der Waals surface area contributed by atoms with E-state index in [0.29, 0.717) is 23.4 Å². The number of nitrogens with one attached hydrogen (secondary N) is 2. The van der Waals surface area contributed by atoms with Gasteiger partial charge >= 0.3 is 6.09 Å². The minimum atomic E-state index is -1.08. The third kappa shape index (κ3) is 9.44. The van der Waals surface area contributed by atoms with E-state index in [1.807, 2.05) is 44.4 Å². The number of amides is 3. The molecule has 2 rings (SSSR count). The summed E-state index contributed by atoms with van der Waals surface area (Å²) in [5.74, 6) is -0.337. The molecule has 2 aromatic carbocycles. The molecule has 2 unspecified atom stereocenters. The van der Waals surface area contributed by atoms with E-state index in [1.165, 1.54) is 16.7 Å². The predicted molar refractivity (Wildman–Crippen MR) is 159 cm³/mol. The van der Waals surface area contributed by atoms with E-state index < -0.39 is 35.6 Å². The zero-order valence-electron chi connectivity index (χ0n) is 23.7. The van der Waals surface area contributed by atoms with Crippen LogP contribution in [-0.2, 0) is 14.3 Å². The van der Waals surface area contributed by atoms with Crippen LogP contribution in [0, 0.1) is 13.8 Å². The van der Waals surface area contributed by atoms with Crippen LogP contribution in [0.4, 0.5) is 10.5 Å². The van der Waals surface area contributed by atoms with Crippen molar-refractivity contribution in [1.82, 2.24) is 10.2 Å². The number of aliphatic hydroxyl groups is 1. The molecule has 0 aliphatic carbocycles. The second-order valence-corrected chi connectivity index (χ2v) is 11.3. The molecule has 2 aromatic rings. The summed E-state index contributed by atoms with van der Waals surface area (Å²) in [6.45, 7) is 12.3. The Hall–Kier alpha value is -3.30. The molecule has 0 radical (unpaired) electrons. The van der Waals surface area contributed by atoms with E-state index in [0.717, 1.165) is 16.7 Å². The van der Waals surface area contributed by atoms with Gasteiger partial charge in [0.05, 0.1) is 6.61 Å². The molecule has 8 nitrogen and oxygen atoms in total. The lowest BCUT2D eigenvalue weighted by molar-refractivity contribution is -0.141. The maximum Gasteiger partial charge on any atom is 0.408 e. The minimum absolute atomic E-state index is 0.117. The molecular formula is C30H41N3O5S. The Kier molecular flexibility index (Phi) is 12.1. The molecule has 3 amide bonds. The molecule has 0 fully saturated rings. The molecular weight excluding hydrogens is 514 g/mol. The normalized spacial score (nSPS) is 12.7. The Morgan fingerprint density at radius 2 is 1.77 bits per heavy atom. The van der Waals surface area contributed by atoms with Crippen LogP contribution in [-0.4, -0.2) is 64.7 Å². The highest BCUT2D eigenvalue weighted by molar-refractivity contribution is 7.98. The Bertz CT molecular complexity index is 1140. The number of carbonyl (C=O) groups is 3. The van der Waals surface area contributed by atoms with Gasteiger partial charge in [0, 0.05) is 12.2 Å². The average molecular weight is 556 g/mol. The second-order valence-electron chi connectivity index (χ2n) is 10.3. The predicted octanol–water partition coefficient (Wildman–Crippen LogP) is 5.09. The smallest absolute Gasteiger partial charge is 0.408 e. The fraction of sp³-hybridized carbons (Fsp3) is 0.433. The van der Waals surface area contributed by atoms with Gasteiger partial charge in [-0.3, -0.25) is 9.59 Å². The van der Waals surface area contributed by atoms with Crippen molar-refractivity contribution >= 4 is 41.4 Å². The van der Waals surface area contributed by atoms with Crippen LogP contribution < -0.4 is 10.6 Å². The summed E-state index contributed by atoms with van der Waals surface area (Å²) in [6, 6.07) is 10.8. The molecule has 0 saturated heterocycles. The molecule has 0 saturated carbocycles. The topological polar surface area (TPSA) is 108 Å². The molecule has 0 aliphatic rings. The number of ether oxygens (including phenoxy) is 1. The number of aliphatic hydroxyl groups excluding tert-OH is 1. The number of alkyl carbamates (subject to hydrolysis) is 1.